The van der Waals surface area contributed by atoms with Gasteiger partial charge in [-0.3, -0.25) is 4.79 Å². The van der Waals surface area contributed by atoms with Crippen molar-refractivity contribution < 1.29 is 9.53 Å². The number of ether oxygens (including phenoxy) is 1. The molecule has 1 aliphatic heterocycles. The first-order valence-corrected chi connectivity index (χ1v) is 6.41. The van der Waals surface area contributed by atoms with Crippen molar-refractivity contribution in [3.8, 4) is 0 Å². The Hall–Kier alpha value is -0.570. The van der Waals surface area contributed by atoms with Crippen LogP contribution in [0.5, 0.6) is 0 Å². The Balaban J connectivity index is 2.04. The van der Waals surface area contributed by atoms with E-state index in [1.54, 1.807) is 0 Å². The third-order valence-corrected chi connectivity index (χ3v) is 3.66. The average Bonchev–Trinajstić information content (AvgIpc) is 2.13. The number of hydrogen-bond donors (Lipinski definition) is 1. The van der Waals surface area contributed by atoms with E-state index in [1.165, 1.54) is 19.3 Å². The molecule has 1 aliphatic carbocycles. The lowest BCUT2D eigenvalue weighted by Gasteiger charge is -2.42. The Morgan fingerprint density at radius 2 is 1.75 bits per heavy atom. The summed E-state index contributed by atoms with van der Waals surface area (Å²) in [7, 11) is 0. The summed E-state index contributed by atoms with van der Waals surface area (Å²) in [6.45, 7) is 7.81. The second-order valence-electron chi connectivity index (χ2n) is 6.17. The number of nitrogens with one attached hydrogen (secondary N) is 1. The second kappa shape index (κ2) is 4.36. The van der Waals surface area contributed by atoms with Gasteiger partial charge in [0.2, 0.25) is 0 Å². The lowest BCUT2D eigenvalue weighted by atomic mass is 9.69. The molecular weight excluding hydrogens is 202 g/mol. The van der Waals surface area contributed by atoms with Crippen LogP contribution < -0.4 is 5.32 Å². The molecule has 2 bridgehead atoms. The van der Waals surface area contributed by atoms with Crippen LogP contribution in [0.15, 0.2) is 0 Å². The summed E-state index contributed by atoms with van der Waals surface area (Å²) >= 11 is 0. The van der Waals surface area contributed by atoms with Crippen molar-refractivity contribution in [2.45, 2.75) is 45.6 Å². The molecule has 0 aromatic heterocycles. The fourth-order valence-electron chi connectivity index (χ4n) is 3.05. The highest BCUT2D eigenvalue weighted by molar-refractivity contribution is 5.74. The zero-order chi connectivity index (χ0) is 11.8. The SMILES string of the molecule is CC(C)(C)OC(=O)C1C2CCCC1CNC2. The number of esters is 1. The first kappa shape index (κ1) is 11.9. The van der Waals surface area contributed by atoms with Crippen molar-refractivity contribution in [3.63, 3.8) is 0 Å². The summed E-state index contributed by atoms with van der Waals surface area (Å²) < 4.78 is 5.55. The van der Waals surface area contributed by atoms with E-state index in [2.05, 4.69) is 5.32 Å². The van der Waals surface area contributed by atoms with Crippen LogP contribution in [0.2, 0.25) is 0 Å². The van der Waals surface area contributed by atoms with Crippen molar-refractivity contribution in [2.24, 2.45) is 17.8 Å². The zero-order valence-corrected chi connectivity index (χ0v) is 10.6. The monoisotopic (exact) mass is 225 g/mol. The van der Waals surface area contributed by atoms with Gasteiger partial charge in [0.15, 0.2) is 0 Å². The fraction of sp³-hybridized carbons (Fsp3) is 0.923. The predicted octanol–water partition coefficient (Wildman–Crippen LogP) is 1.96. The van der Waals surface area contributed by atoms with E-state index in [-0.39, 0.29) is 17.5 Å². The lowest BCUT2D eigenvalue weighted by molar-refractivity contribution is -0.167. The summed E-state index contributed by atoms with van der Waals surface area (Å²) in [4.78, 5) is 12.2. The molecule has 2 rings (SSSR count). The number of carbonyl (C=O) groups excluding carboxylic acids is 1. The smallest absolute Gasteiger partial charge is 0.310 e. The van der Waals surface area contributed by atoms with Crippen LogP contribution in [0.1, 0.15) is 40.0 Å². The van der Waals surface area contributed by atoms with Crippen molar-refractivity contribution in [1.82, 2.24) is 5.32 Å². The number of fused-ring (bicyclic) bond motifs is 2. The molecule has 16 heavy (non-hydrogen) atoms. The number of piperidine rings is 1. The summed E-state index contributed by atoms with van der Waals surface area (Å²) in [5.74, 6) is 1.18. The van der Waals surface area contributed by atoms with Gasteiger partial charge in [-0.1, -0.05) is 6.42 Å². The molecule has 2 aliphatic rings. The third-order valence-electron chi connectivity index (χ3n) is 3.66. The molecule has 2 fully saturated rings. The molecule has 1 N–H and O–H groups in total. The molecule has 0 amide bonds. The minimum absolute atomic E-state index is 0.0312. The van der Waals surface area contributed by atoms with Crippen LogP contribution in [0, 0.1) is 17.8 Å². The van der Waals surface area contributed by atoms with E-state index in [1.807, 2.05) is 20.8 Å². The first-order chi connectivity index (χ1) is 7.47. The summed E-state index contributed by atoms with van der Waals surface area (Å²) in [5.41, 5.74) is -0.351. The quantitative estimate of drug-likeness (QED) is 0.693. The molecule has 0 radical (unpaired) electrons. The number of hydrogen-bond acceptors (Lipinski definition) is 3. The predicted molar refractivity (Wildman–Crippen MR) is 63.0 cm³/mol. The standard InChI is InChI=1S/C13H23NO2/c1-13(2,3)16-12(15)11-9-5-4-6-10(11)8-14-7-9/h9-11,14H,4-8H2,1-3H3. The van der Waals surface area contributed by atoms with Gasteiger partial charge in [0.25, 0.3) is 0 Å². The van der Waals surface area contributed by atoms with Gasteiger partial charge < -0.3 is 10.1 Å². The lowest BCUT2D eigenvalue weighted by Crippen LogP contribution is -2.50. The normalized spacial score (nSPS) is 34.6. The molecule has 1 saturated carbocycles. The van der Waals surface area contributed by atoms with Crippen molar-refractivity contribution in [2.75, 3.05) is 13.1 Å². The second-order valence-corrected chi connectivity index (χ2v) is 6.17. The minimum atomic E-state index is -0.351. The highest BCUT2D eigenvalue weighted by Crippen LogP contribution is 2.38. The molecule has 1 saturated heterocycles. The van der Waals surface area contributed by atoms with Gasteiger partial charge >= 0.3 is 5.97 Å². The van der Waals surface area contributed by atoms with Gasteiger partial charge in [-0.05, 0) is 58.5 Å². The van der Waals surface area contributed by atoms with Crippen LogP contribution in [-0.2, 0) is 9.53 Å². The maximum Gasteiger partial charge on any atom is 0.310 e. The van der Waals surface area contributed by atoms with Gasteiger partial charge in [-0.25, -0.2) is 0 Å². The average molecular weight is 225 g/mol. The fourth-order valence-corrected chi connectivity index (χ4v) is 3.05. The topological polar surface area (TPSA) is 38.3 Å². The van der Waals surface area contributed by atoms with Crippen LogP contribution in [-0.4, -0.2) is 24.7 Å². The van der Waals surface area contributed by atoms with Crippen molar-refractivity contribution in [3.05, 3.63) is 0 Å². The van der Waals surface area contributed by atoms with Gasteiger partial charge in [0, 0.05) is 0 Å². The zero-order valence-electron chi connectivity index (χ0n) is 10.6. The van der Waals surface area contributed by atoms with E-state index >= 15 is 0 Å². The van der Waals surface area contributed by atoms with Crippen molar-refractivity contribution >= 4 is 5.97 Å². The molecule has 3 heteroatoms. The minimum Gasteiger partial charge on any atom is -0.460 e. The van der Waals surface area contributed by atoms with E-state index in [0.29, 0.717) is 11.8 Å². The van der Waals surface area contributed by atoms with E-state index in [9.17, 15) is 4.79 Å². The molecular formula is C13H23NO2. The summed E-state index contributed by atoms with van der Waals surface area (Å²) in [5, 5.41) is 3.43. The van der Waals surface area contributed by atoms with Gasteiger partial charge in [0.1, 0.15) is 5.60 Å². The van der Waals surface area contributed by atoms with Crippen molar-refractivity contribution in [1.29, 1.82) is 0 Å². The van der Waals surface area contributed by atoms with E-state index in [4.69, 9.17) is 4.74 Å². The Morgan fingerprint density at radius 3 is 2.25 bits per heavy atom. The number of rotatable bonds is 1. The Bertz CT molecular complexity index is 248. The highest BCUT2D eigenvalue weighted by Gasteiger charge is 2.42. The van der Waals surface area contributed by atoms with Crippen LogP contribution in [0.3, 0.4) is 0 Å². The van der Waals surface area contributed by atoms with Crippen LogP contribution >= 0.6 is 0 Å². The molecule has 2 atom stereocenters. The molecule has 92 valence electrons. The van der Waals surface area contributed by atoms with Crippen LogP contribution in [0.4, 0.5) is 0 Å². The van der Waals surface area contributed by atoms with Gasteiger partial charge in [-0.2, -0.15) is 0 Å². The highest BCUT2D eigenvalue weighted by atomic mass is 16.6. The van der Waals surface area contributed by atoms with Gasteiger partial charge in [0.05, 0.1) is 5.92 Å². The maximum absolute atomic E-state index is 12.2. The largest absolute Gasteiger partial charge is 0.460 e. The molecule has 3 nitrogen and oxygen atoms in total. The Labute approximate surface area is 97.9 Å². The Morgan fingerprint density at radius 1 is 1.19 bits per heavy atom. The van der Waals surface area contributed by atoms with Crippen LogP contribution in [0.25, 0.3) is 0 Å². The molecule has 1 heterocycles. The molecule has 0 aromatic carbocycles. The first-order valence-electron chi connectivity index (χ1n) is 6.41. The maximum atomic E-state index is 12.2. The Kier molecular flexibility index (Phi) is 3.24. The van der Waals surface area contributed by atoms with E-state index < -0.39 is 0 Å². The molecule has 2 unspecified atom stereocenters. The summed E-state index contributed by atoms with van der Waals surface area (Å²) in [6, 6.07) is 0. The molecule has 0 aromatic rings. The van der Waals surface area contributed by atoms with Gasteiger partial charge in [-0.15, -0.1) is 0 Å². The third kappa shape index (κ3) is 2.57. The molecule has 0 spiro atoms. The number of carbonyl (C=O) groups is 1. The summed E-state index contributed by atoms with van der Waals surface area (Å²) in [6.07, 6.45) is 3.62. The van der Waals surface area contributed by atoms with E-state index in [0.717, 1.165) is 13.1 Å².